The van der Waals surface area contributed by atoms with Crippen LogP contribution in [0.1, 0.15) is 64.1 Å². The van der Waals surface area contributed by atoms with Gasteiger partial charge in [-0.2, -0.15) is 0 Å². The maximum atomic E-state index is 11.9. The van der Waals surface area contributed by atoms with Crippen molar-refractivity contribution in [2.24, 2.45) is 23.7 Å². The fourth-order valence-electron chi connectivity index (χ4n) is 7.63. The lowest BCUT2D eigenvalue weighted by atomic mass is 9.57. The third-order valence-electron chi connectivity index (χ3n) is 9.88. The Balaban J connectivity index is 1.25. The minimum absolute atomic E-state index is 0.116. The highest BCUT2D eigenvalue weighted by atomic mass is 16.5. The number of piperazine rings is 1. The van der Waals surface area contributed by atoms with Crippen molar-refractivity contribution in [2.75, 3.05) is 32.7 Å². The van der Waals surface area contributed by atoms with Crippen molar-refractivity contribution >= 4 is 5.97 Å². The minimum Gasteiger partial charge on any atom is -0.458 e. The molecule has 1 saturated heterocycles. The summed E-state index contributed by atoms with van der Waals surface area (Å²) in [5, 5.41) is 11.9. The van der Waals surface area contributed by atoms with Crippen LogP contribution in [0.25, 0.3) is 0 Å². The Morgan fingerprint density at radius 3 is 2.15 bits per heavy atom. The van der Waals surface area contributed by atoms with Crippen molar-refractivity contribution < 1.29 is 14.6 Å². The number of esters is 1. The summed E-state index contributed by atoms with van der Waals surface area (Å²) in [5.41, 5.74) is 2.99. The number of nitrogens with zero attached hydrogens (tertiary/aromatic N) is 2. The van der Waals surface area contributed by atoms with E-state index in [0.717, 1.165) is 51.1 Å². The number of benzene rings is 2. The summed E-state index contributed by atoms with van der Waals surface area (Å²) >= 11 is 0. The number of ether oxygens (including phenoxy) is 1. The summed E-state index contributed by atoms with van der Waals surface area (Å²) in [7, 11) is 0. The zero-order valence-electron chi connectivity index (χ0n) is 24.1. The van der Waals surface area contributed by atoms with E-state index in [-0.39, 0.29) is 30.0 Å². The standard InChI is InChI=1S/C34H46N2O3/c1-24-21-31-30(16-15-26(3)34(31,38)22-32(24)39-27(4)37)25(2)23-35-17-19-36(20-18-35)33(28-11-7-5-8-12-28)29-13-9-6-10-14-29/h5-14,21,25-26,30-33,38H,15-20,22-23H2,1-4H3/t25-,26-,30+,31-,32-,34-/m1/s1. The van der Waals surface area contributed by atoms with Gasteiger partial charge in [0.2, 0.25) is 0 Å². The Morgan fingerprint density at radius 1 is 1.00 bits per heavy atom. The third kappa shape index (κ3) is 6.01. The highest BCUT2D eigenvalue weighted by Crippen LogP contribution is 2.51. The fraction of sp³-hybridized carbons (Fsp3) is 0.559. The van der Waals surface area contributed by atoms with Gasteiger partial charge in [0.05, 0.1) is 11.6 Å². The van der Waals surface area contributed by atoms with E-state index in [4.69, 9.17) is 4.74 Å². The van der Waals surface area contributed by atoms with Gasteiger partial charge in [0.1, 0.15) is 6.10 Å². The first kappa shape index (κ1) is 28.1. The molecule has 210 valence electrons. The molecule has 2 fully saturated rings. The van der Waals surface area contributed by atoms with E-state index < -0.39 is 5.60 Å². The number of rotatable bonds is 7. The summed E-state index contributed by atoms with van der Waals surface area (Å²) in [6.07, 6.45) is 4.61. The van der Waals surface area contributed by atoms with Crippen LogP contribution in [0.15, 0.2) is 72.3 Å². The molecule has 1 heterocycles. The van der Waals surface area contributed by atoms with E-state index in [2.05, 4.69) is 97.3 Å². The van der Waals surface area contributed by atoms with Gasteiger partial charge < -0.3 is 14.7 Å². The number of aliphatic hydroxyl groups is 1. The highest BCUT2D eigenvalue weighted by molar-refractivity contribution is 5.66. The average molecular weight is 531 g/mol. The normalized spacial score (nSPS) is 30.9. The molecule has 2 aromatic carbocycles. The lowest BCUT2D eigenvalue weighted by molar-refractivity contribution is -0.159. The van der Waals surface area contributed by atoms with E-state index in [1.807, 2.05) is 0 Å². The van der Waals surface area contributed by atoms with Crippen molar-refractivity contribution in [1.82, 2.24) is 9.80 Å². The largest absolute Gasteiger partial charge is 0.458 e. The number of hydrogen-bond acceptors (Lipinski definition) is 5. The van der Waals surface area contributed by atoms with Crippen LogP contribution in [0.4, 0.5) is 0 Å². The van der Waals surface area contributed by atoms with Crippen LogP contribution in [-0.4, -0.2) is 65.3 Å². The Hall–Kier alpha value is -2.47. The predicted octanol–water partition coefficient (Wildman–Crippen LogP) is 5.70. The number of carbonyl (C=O) groups excluding carboxylic acids is 1. The second-order valence-corrected chi connectivity index (χ2v) is 12.4. The van der Waals surface area contributed by atoms with E-state index in [1.54, 1.807) is 0 Å². The molecule has 3 aliphatic rings. The number of hydrogen-bond donors (Lipinski definition) is 1. The van der Waals surface area contributed by atoms with Crippen LogP contribution in [0.3, 0.4) is 0 Å². The van der Waals surface area contributed by atoms with E-state index in [9.17, 15) is 9.90 Å². The van der Waals surface area contributed by atoms with Gasteiger partial charge in [0.25, 0.3) is 0 Å². The fourth-order valence-corrected chi connectivity index (χ4v) is 7.63. The molecule has 0 aromatic heterocycles. The van der Waals surface area contributed by atoms with Gasteiger partial charge in [0, 0.05) is 52.0 Å². The predicted molar refractivity (Wildman–Crippen MR) is 156 cm³/mol. The van der Waals surface area contributed by atoms with E-state index in [1.165, 1.54) is 18.1 Å². The van der Waals surface area contributed by atoms with Crippen molar-refractivity contribution in [3.8, 4) is 0 Å². The Bertz CT molecular complexity index is 1090. The zero-order valence-corrected chi connectivity index (χ0v) is 24.1. The summed E-state index contributed by atoms with van der Waals surface area (Å²) in [5.74, 6) is 0.951. The summed E-state index contributed by atoms with van der Waals surface area (Å²) in [6.45, 7) is 13.3. The molecule has 5 nitrogen and oxygen atoms in total. The monoisotopic (exact) mass is 530 g/mol. The topological polar surface area (TPSA) is 53.0 Å². The molecule has 1 saturated carbocycles. The summed E-state index contributed by atoms with van der Waals surface area (Å²) < 4.78 is 5.60. The van der Waals surface area contributed by atoms with Gasteiger partial charge in [-0.3, -0.25) is 9.69 Å². The van der Waals surface area contributed by atoms with Crippen LogP contribution in [0, 0.1) is 23.7 Å². The lowest BCUT2D eigenvalue weighted by Gasteiger charge is -2.53. The zero-order chi connectivity index (χ0) is 27.6. The lowest BCUT2D eigenvalue weighted by Crippen LogP contribution is -2.56. The molecule has 5 heteroatoms. The first-order valence-electron chi connectivity index (χ1n) is 14.9. The molecule has 39 heavy (non-hydrogen) atoms. The van der Waals surface area contributed by atoms with Crippen LogP contribution in [0.2, 0.25) is 0 Å². The van der Waals surface area contributed by atoms with Gasteiger partial charge in [-0.15, -0.1) is 0 Å². The van der Waals surface area contributed by atoms with Gasteiger partial charge >= 0.3 is 5.97 Å². The van der Waals surface area contributed by atoms with Gasteiger partial charge in [0.15, 0.2) is 0 Å². The molecule has 0 bridgehead atoms. The van der Waals surface area contributed by atoms with Crippen LogP contribution >= 0.6 is 0 Å². The smallest absolute Gasteiger partial charge is 0.303 e. The second kappa shape index (κ2) is 12.0. The first-order valence-corrected chi connectivity index (χ1v) is 14.9. The molecule has 1 N–H and O–H groups in total. The summed E-state index contributed by atoms with van der Waals surface area (Å²) in [4.78, 5) is 16.9. The van der Waals surface area contributed by atoms with Crippen molar-refractivity contribution in [2.45, 2.75) is 64.7 Å². The Kier molecular flexibility index (Phi) is 8.60. The van der Waals surface area contributed by atoms with E-state index in [0.29, 0.717) is 18.3 Å². The van der Waals surface area contributed by atoms with E-state index >= 15 is 0 Å². The maximum Gasteiger partial charge on any atom is 0.303 e. The third-order valence-corrected chi connectivity index (χ3v) is 9.88. The molecular weight excluding hydrogens is 484 g/mol. The molecule has 2 aliphatic carbocycles. The molecular formula is C34H46N2O3. The van der Waals surface area contributed by atoms with Gasteiger partial charge in [-0.25, -0.2) is 0 Å². The van der Waals surface area contributed by atoms with Crippen LogP contribution < -0.4 is 0 Å². The first-order chi connectivity index (χ1) is 18.8. The minimum atomic E-state index is -0.811. The van der Waals surface area contributed by atoms with Crippen molar-refractivity contribution in [1.29, 1.82) is 0 Å². The molecule has 6 atom stereocenters. The summed E-state index contributed by atoms with van der Waals surface area (Å²) in [6, 6.07) is 22.1. The molecule has 1 aliphatic heterocycles. The number of carbonyl (C=O) groups is 1. The SMILES string of the molecule is CC(=O)O[C@@H]1C[C@@]2(O)[C@H](C)CC[C@@H]([C@H](C)CN3CCN(C(c4ccccc4)c4ccccc4)CC3)[C@H]2C=C1C. The van der Waals surface area contributed by atoms with Crippen molar-refractivity contribution in [3.05, 3.63) is 83.4 Å². The molecule has 0 radical (unpaired) electrons. The molecule has 2 aromatic rings. The molecule has 0 unspecified atom stereocenters. The quantitative estimate of drug-likeness (QED) is 0.367. The average Bonchev–Trinajstić information content (AvgIpc) is 2.93. The van der Waals surface area contributed by atoms with Crippen LogP contribution in [-0.2, 0) is 9.53 Å². The molecule has 0 spiro atoms. The molecule has 0 amide bonds. The molecule has 5 rings (SSSR count). The Morgan fingerprint density at radius 2 is 1.59 bits per heavy atom. The maximum absolute atomic E-state index is 11.9. The van der Waals surface area contributed by atoms with Gasteiger partial charge in [-0.05, 0) is 54.2 Å². The second-order valence-electron chi connectivity index (χ2n) is 12.4. The number of fused-ring (bicyclic) bond motifs is 1. The van der Waals surface area contributed by atoms with Gasteiger partial charge in [-0.1, -0.05) is 80.6 Å². The van der Waals surface area contributed by atoms with Crippen molar-refractivity contribution in [3.63, 3.8) is 0 Å². The highest BCUT2D eigenvalue weighted by Gasteiger charge is 2.52. The Labute approximate surface area is 234 Å². The van der Waals surface area contributed by atoms with Crippen LogP contribution in [0.5, 0.6) is 0 Å².